The molecule has 1 saturated heterocycles. The van der Waals surface area contributed by atoms with Crippen LogP contribution in [-0.4, -0.2) is 34.0 Å². The quantitative estimate of drug-likeness (QED) is 0.622. The number of rotatable bonds is 8. The van der Waals surface area contributed by atoms with Gasteiger partial charge in [0.1, 0.15) is 0 Å². The van der Waals surface area contributed by atoms with E-state index < -0.39 is 10.0 Å². The lowest BCUT2D eigenvalue weighted by atomic mass is 9.85. The fourth-order valence-electron chi connectivity index (χ4n) is 3.07. The number of amides is 1. The largest absolute Gasteiger partial charge is 0.326 e. The van der Waals surface area contributed by atoms with E-state index in [-0.39, 0.29) is 23.2 Å². The van der Waals surface area contributed by atoms with Gasteiger partial charge in [0, 0.05) is 18.7 Å². The molecule has 0 saturated carbocycles. The highest BCUT2D eigenvalue weighted by atomic mass is 35.5. The molecule has 6 nitrogen and oxygen atoms in total. The summed E-state index contributed by atoms with van der Waals surface area (Å²) in [6, 6.07) is 6.29. The molecule has 2 unspecified atom stereocenters. The van der Waals surface area contributed by atoms with E-state index in [0.29, 0.717) is 30.5 Å². The second kappa shape index (κ2) is 10.9. The van der Waals surface area contributed by atoms with E-state index in [2.05, 4.69) is 22.3 Å². The number of sulfonamides is 1. The van der Waals surface area contributed by atoms with Crippen molar-refractivity contribution < 1.29 is 13.2 Å². The first-order valence-corrected chi connectivity index (χ1v) is 10.5. The van der Waals surface area contributed by atoms with E-state index in [0.717, 1.165) is 19.5 Å². The van der Waals surface area contributed by atoms with Gasteiger partial charge in [-0.15, -0.1) is 12.4 Å². The summed E-state index contributed by atoms with van der Waals surface area (Å²) in [6.45, 7) is 6.48. The van der Waals surface area contributed by atoms with Crippen molar-refractivity contribution in [1.29, 1.82) is 0 Å². The highest BCUT2D eigenvalue weighted by Gasteiger charge is 2.22. The third kappa shape index (κ3) is 6.87. The number of hydrogen-bond donors (Lipinski definition) is 3. The molecule has 1 aromatic rings. The fraction of sp³-hybridized carbons (Fsp3) is 0.611. The van der Waals surface area contributed by atoms with E-state index >= 15 is 0 Å². The Balaban J connectivity index is 0.00000338. The summed E-state index contributed by atoms with van der Waals surface area (Å²) >= 11 is 0. The molecular formula is C18H30ClN3O3S. The first kappa shape index (κ1) is 22.9. The standard InChI is InChI=1S/C18H29N3O3S.ClH/c1-3-10-20-25(23,24)17-8-6-16(7-9-17)21-18(22)12-14(2)15-5-4-11-19-13-15;/h6-9,14-15,19-20H,3-5,10-13H2,1-2H3,(H,21,22);1H. The van der Waals surface area contributed by atoms with Gasteiger partial charge in [0.05, 0.1) is 4.90 Å². The molecule has 1 amide bonds. The van der Waals surface area contributed by atoms with Crippen molar-refractivity contribution in [2.75, 3.05) is 25.0 Å². The summed E-state index contributed by atoms with van der Waals surface area (Å²) in [5, 5.41) is 6.24. The first-order valence-electron chi connectivity index (χ1n) is 9.02. The van der Waals surface area contributed by atoms with Crippen LogP contribution in [0.1, 0.15) is 39.5 Å². The van der Waals surface area contributed by atoms with Gasteiger partial charge >= 0.3 is 0 Å². The maximum Gasteiger partial charge on any atom is 0.240 e. The molecule has 1 aliphatic heterocycles. The van der Waals surface area contributed by atoms with Crippen LogP contribution in [0.3, 0.4) is 0 Å². The number of halogens is 1. The molecule has 8 heteroatoms. The third-order valence-corrected chi connectivity index (χ3v) is 6.11. The van der Waals surface area contributed by atoms with Gasteiger partial charge in [0.15, 0.2) is 0 Å². The molecular weight excluding hydrogens is 374 g/mol. The van der Waals surface area contributed by atoms with Gasteiger partial charge in [-0.1, -0.05) is 13.8 Å². The molecule has 0 spiro atoms. The molecule has 1 fully saturated rings. The molecule has 2 atom stereocenters. The second-order valence-corrected chi connectivity index (χ2v) is 8.53. The Labute approximate surface area is 163 Å². The number of carbonyl (C=O) groups is 1. The first-order chi connectivity index (χ1) is 11.9. The van der Waals surface area contributed by atoms with Gasteiger partial charge in [-0.2, -0.15) is 0 Å². The average molecular weight is 404 g/mol. The second-order valence-electron chi connectivity index (χ2n) is 6.76. The molecule has 1 aromatic carbocycles. The lowest BCUT2D eigenvalue weighted by Gasteiger charge is -2.28. The van der Waals surface area contributed by atoms with Crippen molar-refractivity contribution >= 4 is 34.0 Å². The number of nitrogens with one attached hydrogen (secondary N) is 3. The normalized spacial score (nSPS) is 18.6. The molecule has 148 valence electrons. The van der Waals surface area contributed by atoms with E-state index in [1.54, 1.807) is 12.1 Å². The van der Waals surface area contributed by atoms with E-state index in [9.17, 15) is 13.2 Å². The van der Waals surface area contributed by atoms with E-state index in [1.165, 1.54) is 25.0 Å². The smallest absolute Gasteiger partial charge is 0.240 e. The van der Waals surface area contributed by atoms with Gasteiger partial charge in [0.2, 0.25) is 15.9 Å². The van der Waals surface area contributed by atoms with Crippen LogP contribution < -0.4 is 15.4 Å². The van der Waals surface area contributed by atoms with Crippen LogP contribution in [0.15, 0.2) is 29.2 Å². The van der Waals surface area contributed by atoms with Crippen molar-refractivity contribution in [2.24, 2.45) is 11.8 Å². The van der Waals surface area contributed by atoms with Gasteiger partial charge in [-0.05, 0) is 68.5 Å². The van der Waals surface area contributed by atoms with Crippen molar-refractivity contribution in [1.82, 2.24) is 10.0 Å². The molecule has 0 aliphatic carbocycles. The molecule has 0 aromatic heterocycles. The lowest BCUT2D eigenvalue weighted by molar-refractivity contribution is -0.117. The molecule has 0 radical (unpaired) electrons. The number of benzene rings is 1. The zero-order valence-electron chi connectivity index (χ0n) is 15.5. The molecule has 1 aliphatic rings. The van der Waals surface area contributed by atoms with E-state index in [4.69, 9.17) is 0 Å². The van der Waals surface area contributed by atoms with Crippen molar-refractivity contribution in [3.05, 3.63) is 24.3 Å². The summed E-state index contributed by atoms with van der Waals surface area (Å²) < 4.78 is 26.6. The maximum atomic E-state index is 12.2. The minimum absolute atomic E-state index is 0. The van der Waals surface area contributed by atoms with E-state index in [1.807, 2.05) is 6.92 Å². The highest BCUT2D eigenvalue weighted by Crippen LogP contribution is 2.23. The zero-order valence-corrected chi connectivity index (χ0v) is 17.1. The minimum atomic E-state index is -3.47. The summed E-state index contributed by atoms with van der Waals surface area (Å²) in [4.78, 5) is 12.4. The fourth-order valence-corrected chi connectivity index (χ4v) is 4.21. The number of hydrogen-bond acceptors (Lipinski definition) is 4. The molecule has 3 N–H and O–H groups in total. The zero-order chi connectivity index (χ0) is 18.3. The van der Waals surface area contributed by atoms with Crippen molar-refractivity contribution in [3.63, 3.8) is 0 Å². The molecule has 1 heterocycles. The van der Waals surface area contributed by atoms with Crippen LogP contribution in [0.4, 0.5) is 5.69 Å². The van der Waals surface area contributed by atoms with Crippen LogP contribution in [0, 0.1) is 11.8 Å². The van der Waals surface area contributed by atoms with Gasteiger partial charge in [-0.3, -0.25) is 4.79 Å². The Bertz CT molecular complexity index is 659. The minimum Gasteiger partial charge on any atom is -0.326 e. The van der Waals surface area contributed by atoms with Gasteiger partial charge < -0.3 is 10.6 Å². The Morgan fingerprint density at radius 3 is 2.58 bits per heavy atom. The van der Waals surface area contributed by atoms with Crippen LogP contribution >= 0.6 is 12.4 Å². The van der Waals surface area contributed by atoms with Crippen LogP contribution in [0.5, 0.6) is 0 Å². The Hall–Kier alpha value is -1.15. The number of carbonyl (C=O) groups excluding carboxylic acids is 1. The average Bonchev–Trinajstić information content (AvgIpc) is 2.61. The maximum absolute atomic E-state index is 12.2. The van der Waals surface area contributed by atoms with Crippen LogP contribution in [0.25, 0.3) is 0 Å². The summed E-state index contributed by atoms with van der Waals surface area (Å²) in [5.41, 5.74) is 0.619. The summed E-state index contributed by atoms with van der Waals surface area (Å²) in [5.74, 6) is 0.833. The monoisotopic (exact) mass is 403 g/mol. The highest BCUT2D eigenvalue weighted by molar-refractivity contribution is 7.89. The van der Waals surface area contributed by atoms with Gasteiger partial charge in [-0.25, -0.2) is 13.1 Å². The third-order valence-electron chi connectivity index (χ3n) is 4.64. The molecule has 26 heavy (non-hydrogen) atoms. The van der Waals surface area contributed by atoms with Crippen molar-refractivity contribution in [3.8, 4) is 0 Å². The topological polar surface area (TPSA) is 87.3 Å². The van der Waals surface area contributed by atoms with Crippen LogP contribution in [0.2, 0.25) is 0 Å². The Kier molecular flexibility index (Phi) is 9.57. The molecule has 0 bridgehead atoms. The predicted octanol–water partition coefficient (Wildman–Crippen LogP) is 2.76. The predicted molar refractivity (Wildman–Crippen MR) is 107 cm³/mol. The Morgan fingerprint density at radius 2 is 2.00 bits per heavy atom. The van der Waals surface area contributed by atoms with Crippen molar-refractivity contribution in [2.45, 2.75) is 44.4 Å². The Morgan fingerprint density at radius 1 is 1.31 bits per heavy atom. The SMILES string of the molecule is CCCNS(=O)(=O)c1ccc(NC(=O)CC(C)C2CCCNC2)cc1.Cl. The number of anilines is 1. The summed E-state index contributed by atoms with van der Waals surface area (Å²) in [7, 11) is -3.47. The van der Waals surface area contributed by atoms with Crippen LogP contribution in [-0.2, 0) is 14.8 Å². The number of piperidine rings is 1. The summed E-state index contributed by atoms with van der Waals surface area (Å²) in [6.07, 6.45) is 3.55. The lowest BCUT2D eigenvalue weighted by Crippen LogP contribution is -2.34. The molecule has 2 rings (SSSR count). The van der Waals surface area contributed by atoms with Gasteiger partial charge in [0.25, 0.3) is 0 Å².